The lowest BCUT2D eigenvalue weighted by atomic mass is 10.4. The van der Waals surface area contributed by atoms with Gasteiger partial charge in [-0.15, -0.1) is 0 Å². The second-order valence-corrected chi connectivity index (χ2v) is 3.09. The second kappa shape index (κ2) is 6.26. The maximum atomic E-state index is 10.8. The van der Waals surface area contributed by atoms with Crippen LogP contribution in [0.25, 0.3) is 0 Å². The molecule has 0 saturated carbocycles. The van der Waals surface area contributed by atoms with Crippen LogP contribution in [0.3, 0.4) is 0 Å². The van der Waals surface area contributed by atoms with Crippen LogP contribution in [0.1, 0.15) is 0 Å². The molecule has 1 aromatic rings. The van der Waals surface area contributed by atoms with Crippen LogP contribution < -0.4 is 16.0 Å². The van der Waals surface area contributed by atoms with Gasteiger partial charge in [0.1, 0.15) is 12.0 Å². The Morgan fingerprint density at radius 2 is 2.24 bits per heavy atom. The van der Waals surface area contributed by atoms with Crippen molar-refractivity contribution in [1.82, 2.24) is 15.6 Å². The number of carbonyl (C=O) groups excluding carboxylic acids is 1. The van der Waals surface area contributed by atoms with E-state index >= 15 is 0 Å². The van der Waals surface area contributed by atoms with Crippen LogP contribution >= 0.6 is 0 Å². The van der Waals surface area contributed by atoms with E-state index in [4.69, 9.17) is 0 Å². The van der Waals surface area contributed by atoms with Gasteiger partial charge in [0.2, 0.25) is 0 Å². The molecule has 8 heteroatoms. The maximum absolute atomic E-state index is 10.8. The molecule has 0 atom stereocenters. The Hall–Kier alpha value is -2.38. The lowest BCUT2D eigenvalue weighted by Gasteiger charge is -2.06. The lowest BCUT2D eigenvalue weighted by molar-refractivity contribution is -0.385. The summed E-state index contributed by atoms with van der Waals surface area (Å²) in [5.74, 6) is 0.523. The summed E-state index contributed by atoms with van der Waals surface area (Å²) in [6.45, 7) is 0.913. The Morgan fingerprint density at radius 3 is 2.76 bits per heavy atom. The van der Waals surface area contributed by atoms with Gasteiger partial charge in [0.25, 0.3) is 5.69 Å². The average molecular weight is 239 g/mol. The first-order valence-corrected chi connectivity index (χ1v) is 4.93. The van der Waals surface area contributed by atoms with Gasteiger partial charge in [-0.05, 0) is 6.07 Å². The molecule has 1 rings (SSSR count). The number of amides is 2. The molecule has 1 aromatic heterocycles. The Morgan fingerprint density at radius 1 is 1.47 bits per heavy atom. The van der Waals surface area contributed by atoms with Crippen LogP contribution in [0.5, 0.6) is 0 Å². The molecule has 0 fully saturated rings. The standard InChI is InChI=1S/C9H13N5O3/c1-10-9(15)12-5-4-11-8-3-2-7(6-13-8)14(16)17/h2-3,6H,4-5H2,1H3,(H,11,13)(H2,10,12,15). The van der Waals surface area contributed by atoms with Crippen LogP contribution in [0.2, 0.25) is 0 Å². The van der Waals surface area contributed by atoms with Crippen molar-refractivity contribution in [3.8, 4) is 0 Å². The number of urea groups is 1. The summed E-state index contributed by atoms with van der Waals surface area (Å²) in [6.07, 6.45) is 1.18. The Bertz CT molecular complexity index is 392. The highest BCUT2D eigenvalue weighted by molar-refractivity contribution is 5.73. The minimum Gasteiger partial charge on any atom is -0.368 e. The third-order valence-corrected chi connectivity index (χ3v) is 1.90. The van der Waals surface area contributed by atoms with Crippen molar-refractivity contribution in [2.24, 2.45) is 0 Å². The molecule has 2 amide bonds. The van der Waals surface area contributed by atoms with Crippen LogP contribution in [0.15, 0.2) is 18.3 Å². The number of pyridine rings is 1. The summed E-state index contributed by atoms with van der Waals surface area (Å²) in [4.78, 5) is 24.5. The number of carbonyl (C=O) groups is 1. The first-order chi connectivity index (χ1) is 8.13. The predicted molar refractivity (Wildman–Crippen MR) is 61.8 cm³/mol. The molecule has 0 saturated heterocycles. The number of hydrogen-bond donors (Lipinski definition) is 3. The predicted octanol–water partition coefficient (Wildman–Crippen LogP) is 0.331. The van der Waals surface area contributed by atoms with E-state index in [1.165, 1.54) is 25.4 Å². The van der Waals surface area contributed by atoms with E-state index in [1.54, 1.807) is 0 Å². The van der Waals surface area contributed by atoms with Gasteiger partial charge in [0, 0.05) is 26.2 Å². The Labute approximate surface area is 97.6 Å². The van der Waals surface area contributed by atoms with E-state index in [0.717, 1.165) is 0 Å². The first-order valence-electron chi connectivity index (χ1n) is 4.93. The van der Waals surface area contributed by atoms with Gasteiger partial charge in [-0.2, -0.15) is 0 Å². The Kier molecular flexibility index (Phi) is 4.67. The minimum atomic E-state index is -0.510. The fraction of sp³-hybridized carbons (Fsp3) is 0.333. The highest BCUT2D eigenvalue weighted by Crippen LogP contribution is 2.11. The molecular formula is C9H13N5O3. The molecule has 3 N–H and O–H groups in total. The molecule has 17 heavy (non-hydrogen) atoms. The van der Waals surface area contributed by atoms with Gasteiger partial charge in [-0.1, -0.05) is 0 Å². The third-order valence-electron chi connectivity index (χ3n) is 1.90. The Balaban J connectivity index is 2.32. The quantitative estimate of drug-likeness (QED) is 0.389. The van der Waals surface area contributed by atoms with Gasteiger partial charge in [0.15, 0.2) is 0 Å². The van der Waals surface area contributed by atoms with Crippen molar-refractivity contribution in [2.45, 2.75) is 0 Å². The average Bonchev–Trinajstić information content (AvgIpc) is 2.34. The number of nitrogens with zero attached hydrogens (tertiary/aromatic N) is 2. The van der Waals surface area contributed by atoms with Gasteiger partial charge >= 0.3 is 6.03 Å². The number of hydrogen-bond acceptors (Lipinski definition) is 5. The molecule has 0 bridgehead atoms. The number of anilines is 1. The van der Waals surface area contributed by atoms with Gasteiger partial charge in [-0.25, -0.2) is 9.78 Å². The minimum absolute atomic E-state index is 0.0564. The summed E-state index contributed by atoms with van der Waals surface area (Å²) in [5, 5.41) is 18.3. The number of rotatable bonds is 5. The SMILES string of the molecule is CNC(=O)NCCNc1ccc([N+](=O)[O-])cn1. The molecular weight excluding hydrogens is 226 g/mol. The summed E-state index contributed by atoms with van der Waals surface area (Å²) in [5.41, 5.74) is -0.0564. The zero-order chi connectivity index (χ0) is 12.7. The molecule has 0 aliphatic rings. The highest BCUT2D eigenvalue weighted by atomic mass is 16.6. The van der Waals surface area contributed by atoms with Crippen LogP contribution in [-0.2, 0) is 0 Å². The van der Waals surface area contributed by atoms with Crippen molar-refractivity contribution >= 4 is 17.5 Å². The lowest BCUT2D eigenvalue weighted by Crippen LogP contribution is -2.35. The highest BCUT2D eigenvalue weighted by Gasteiger charge is 2.04. The van der Waals surface area contributed by atoms with Crippen LogP contribution in [0.4, 0.5) is 16.3 Å². The largest absolute Gasteiger partial charge is 0.368 e. The summed E-state index contributed by atoms with van der Waals surface area (Å²) in [6, 6.07) is 2.61. The van der Waals surface area contributed by atoms with E-state index in [-0.39, 0.29) is 11.7 Å². The normalized spacial score (nSPS) is 9.47. The summed E-state index contributed by atoms with van der Waals surface area (Å²) in [7, 11) is 1.53. The number of nitro groups is 1. The van der Waals surface area contributed by atoms with Crippen molar-refractivity contribution in [1.29, 1.82) is 0 Å². The maximum Gasteiger partial charge on any atom is 0.314 e. The molecule has 0 aromatic carbocycles. The smallest absolute Gasteiger partial charge is 0.314 e. The van der Waals surface area contributed by atoms with E-state index in [9.17, 15) is 14.9 Å². The number of aromatic nitrogens is 1. The van der Waals surface area contributed by atoms with Crippen LogP contribution in [-0.4, -0.2) is 36.1 Å². The summed E-state index contributed by atoms with van der Waals surface area (Å²) < 4.78 is 0. The summed E-state index contributed by atoms with van der Waals surface area (Å²) >= 11 is 0. The van der Waals surface area contributed by atoms with Gasteiger partial charge in [0.05, 0.1) is 4.92 Å². The fourth-order valence-corrected chi connectivity index (χ4v) is 1.05. The van der Waals surface area contributed by atoms with E-state index < -0.39 is 4.92 Å². The molecule has 8 nitrogen and oxygen atoms in total. The van der Waals surface area contributed by atoms with E-state index in [2.05, 4.69) is 20.9 Å². The van der Waals surface area contributed by atoms with Crippen molar-refractivity contribution in [3.63, 3.8) is 0 Å². The monoisotopic (exact) mass is 239 g/mol. The molecule has 0 aliphatic heterocycles. The molecule has 0 radical (unpaired) electrons. The molecule has 0 unspecified atom stereocenters. The van der Waals surface area contributed by atoms with Crippen molar-refractivity contribution < 1.29 is 9.72 Å². The first kappa shape index (κ1) is 12.7. The van der Waals surface area contributed by atoms with Crippen molar-refractivity contribution in [2.75, 3.05) is 25.5 Å². The van der Waals surface area contributed by atoms with E-state index in [0.29, 0.717) is 18.9 Å². The fourth-order valence-electron chi connectivity index (χ4n) is 1.05. The topological polar surface area (TPSA) is 109 Å². The number of nitrogens with one attached hydrogen (secondary N) is 3. The van der Waals surface area contributed by atoms with Gasteiger partial charge in [-0.3, -0.25) is 10.1 Å². The molecule has 0 spiro atoms. The van der Waals surface area contributed by atoms with Crippen molar-refractivity contribution in [3.05, 3.63) is 28.4 Å². The second-order valence-electron chi connectivity index (χ2n) is 3.09. The third kappa shape index (κ3) is 4.33. The van der Waals surface area contributed by atoms with Gasteiger partial charge < -0.3 is 16.0 Å². The van der Waals surface area contributed by atoms with E-state index in [1.807, 2.05) is 0 Å². The van der Waals surface area contributed by atoms with Crippen LogP contribution in [0, 0.1) is 10.1 Å². The molecule has 1 heterocycles. The molecule has 0 aliphatic carbocycles. The molecule has 92 valence electrons. The zero-order valence-electron chi connectivity index (χ0n) is 9.27. The zero-order valence-corrected chi connectivity index (χ0v) is 9.27.